The Morgan fingerprint density at radius 3 is 2.39 bits per heavy atom. The SMILES string of the molecule is Cc1cc(O)cc(C)c1CC(CNC(=O)[C@@H]1C[C@]1(C)c1ccccc1)N(C)C. The summed E-state index contributed by atoms with van der Waals surface area (Å²) in [5.74, 6) is 0.509. The Balaban J connectivity index is 1.63. The summed E-state index contributed by atoms with van der Waals surface area (Å²) < 4.78 is 0. The van der Waals surface area contributed by atoms with Gasteiger partial charge in [-0.15, -0.1) is 0 Å². The third-order valence-electron chi connectivity index (χ3n) is 6.35. The number of benzene rings is 2. The lowest BCUT2D eigenvalue weighted by molar-refractivity contribution is -0.122. The molecule has 2 N–H and O–H groups in total. The van der Waals surface area contributed by atoms with E-state index < -0.39 is 0 Å². The van der Waals surface area contributed by atoms with Crippen molar-refractivity contribution in [1.29, 1.82) is 0 Å². The Morgan fingerprint density at radius 2 is 1.82 bits per heavy atom. The zero-order valence-corrected chi connectivity index (χ0v) is 17.6. The number of hydrogen-bond acceptors (Lipinski definition) is 3. The van der Waals surface area contributed by atoms with Crippen LogP contribution in [0.5, 0.6) is 5.75 Å². The molecule has 1 saturated carbocycles. The number of likely N-dealkylation sites (N-methyl/N-ethyl adjacent to an activating group) is 1. The van der Waals surface area contributed by atoms with Crippen molar-refractivity contribution in [2.45, 2.75) is 45.1 Å². The summed E-state index contributed by atoms with van der Waals surface area (Å²) in [5, 5.41) is 13.0. The molecule has 0 aliphatic heterocycles. The van der Waals surface area contributed by atoms with Crippen molar-refractivity contribution >= 4 is 5.91 Å². The standard InChI is InChI=1S/C24H32N2O2/c1-16-11-20(27)12-17(2)21(16)13-19(26(4)5)15-25-23(28)22-14-24(22,3)18-9-7-6-8-10-18/h6-12,19,22,27H,13-15H2,1-5H3,(H,25,28)/t19?,22-,24+/m0/s1. The van der Waals surface area contributed by atoms with Crippen LogP contribution in [0.4, 0.5) is 0 Å². The second-order valence-electron chi connectivity index (χ2n) is 8.67. The summed E-state index contributed by atoms with van der Waals surface area (Å²) in [7, 11) is 4.10. The number of aryl methyl sites for hydroxylation is 2. The molecule has 1 unspecified atom stereocenters. The number of phenolic OH excluding ortho intramolecular Hbond substituents is 1. The van der Waals surface area contributed by atoms with E-state index in [0.717, 1.165) is 24.0 Å². The summed E-state index contributed by atoms with van der Waals surface area (Å²) in [6.07, 6.45) is 1.75. The molecule has 0 radical (unpaired) electrons. The molecular weight excluding hydrogens is 348 g/mol. The number of rotatable bonds is 7. The van der Waals surface area contributed by atoms with E-state index in [1.165, 1.54) is 11.1 Å². The molecule has 1 aliphatic rings. The zero-order chi connectivity index (χ0) is 20.5. The number of aromatic hydroxyl groups is 1. The van der Waals surface area contributed by atoms with Gasteiger partial charge >= 0.3 is 0 Å². The van der Waals surface area contributed by atoms with E-state index in [4.69, 9.17) is 0 Å². The van der Waals surface area contributed by atoms with Gasteiger partial charge < -0.3 is 15.3 Å². The van der Waals surface area contributed by atoms with E-state index >= 15 is 0 Å². The minimum Gasteiger partial charge on any atom is -0.508 e. The Morgan fingerprint density at radius 1 is 1.21 bits per heavy atom. The summed E-state index contributed by atoms with van der Waals surface area (Å²) in [5.41, 5.74) is 4.63. The highest BCUT2D eigenvalue weighted by Crippen LogP contribution is 2.53. The predicted octanol–water partition coefficient (Wildman–Crippen LogP) is 3.58. The van der Waals surface area contributed by atoms with Crippen molar-refractivity contribution < 1.29 is 9.90 Å². The van der Waals surface area contributed by atoms with Crippen LogP contribution in [0.3, 0.4) is 0 Å². The van der Waals surface area contributed by atoms with Crippen LogP contribution in [-0.2, 0) is 16.6 Å². The fourth-order valence-electron chi connectivity index (χ4n) is 4.19. The Hall–Kier alpha value is -2.33. The molecule has 1 aliphatic carbocycles. The Kier molecular flexibility index (Phi) is 5.80. The van der Waals surface area contributed by atoms with Crippen LogP contribution >= 0.6 is 0 Å². The average Bonchev–Trinajstić information content (AvgIpc) is 3.34. The monoisotopic (exact) mass is 380 g/mol. The maximum atomic E-state index is 12.8. The van der Waals surface area contributed by atoms with Crippen molar-refractivity contribution in [3.8, 4) is 5.75 Å². The van der Waals surface area contributed by atoms with E-state index in [1.54, 1.807) is 0 Å². The van der Waals surface area contributed by atoms with Gasteiger partial charge in [-0.1, -0.05) is 37.3 Å². The smallest absolute Gasteiger partial charge is 0.224 e. The molecule has 0 heterocycles. The number of phenols is 1. The first kappa shape index (κ1) is 20.4. The second-order valence-corrected chi connectivity index (χ2v) is 8.67. The van der Waals surface area contributed by atoms with Gasteiger partial charge in [0.2, 0.25) is 5.91 Å². The highest BCUT2D eigenvalue weighted by atomic mass is 16.3. The number of carbonyl (C=O) groups excluding carboxylic acids is 1. The van der Waals surface area contributed by atoms with Crippen LogP contribution in [0.15, 0.2) is 42.5 Å². The maximum absolute atomic E-state index is 12.8. The molecule has 0 bridgehead atoms. The molecule has 3 rings (SSSR count). The van der Waals surface area contributed by atoms with Crippen molar-refractivity contribution in [2.75, 3.05) is 20.6 Å². The number of carbonyl (C=O) groups is 1. The first-order valence-corrected chi connectivity index (χ1v) is 10.0. The van der Waals surface area contributed by atoms with E-state index in [2.05, 4.69) is 29.3 Å². The van der Waals surface area contributed by atoms with Crippen molar-refractivity contribution in [3.05, 3.63) is 64.7 Å². The number of amides is 1. The molecule has 4 heteroatoms. The lowest BCUT2D eigenvalue weighted by Crippen LogP contribution is -2.42. The number of nitrogens with zero attached hydrogens (tertiary/aromatic N) is 1. The van der Waals surface area contributed by atoms with Gasteiger partial charge in [-0.25, -0.2) is 0 Å². The van der Waals surface area contributed by atoms with Crippen molar-refractivity contribution in [2.24, 2.45) is 5.92 Å². The van der Waals surface area contributed by atoms with Crippen LogP contribution in [0.1, 0.15) is 35.6 Å². The van der Waals surface area contributed by atoms with Crippen molar-refractivity contribution in [3.63, 3.8) is 0 Å². The summed E-state index contributed by atoms with van der Waals surface area (Å²) in [6, 6.07) is 14.1. The molecule has 0 saturated heterocycles. The average molecular weight is 381 g/mol. The lowest BCUT2D eigenvalue weighted by atomic mass is 9.94. The second kappa shape index (κ2) is 7.96. The lowest BCUT2D eigenvalue weighted by Gasteiger charge is -2.26. The normalized spacial score (nSPS) is 22.1. The quantitative estimate of drug-likeness (QED) is 0.772. The highest BCUT2D eigenvalue weighted by molar-refractivity contribution is 5.84. The van der Waals surface area contributed by atoms with Gasteiger partial charge in [-0.2, -0.15) is 0 Å². The molecule has 2 aromatic rings. The van der Waals surface area contributed by atoms with Gasteiger partial charge in [0, 0.05) is 23.9 Å². The zero-order valence-electron chi connectivity index (χ0n) is 17.6. The van der Waals surface area contributed by atoms with Crippen LogP contribution in [0, 0.1) is 19.8 Å². The molecule has 2 aromatic carbocycles. The van der Waals surface area contributed by atoms with Crippen LogP contribution in [0.2, 0.25) is 0 Å². The molecule has 28 heavy (non-hydrogen) atoms. The Labute approximate surface area is 168 Å². The molecule has 0 aromatic heterocycles. The summed E-state index contributed by atoms with van der Waals surface area (Å²) in [4.78, 5) is 15.0. The summed E-state index contributed by atoms with van der Waals surface area (Å²) in [6.45, 7) is 6.86. The predicted molar refractivity (Wildman–Crippen MR) is 114 cm³/mol. The molecule has 1 fully saturated rings. The number of nitrogens with one attached hydrogen (secondary N) is 1. The topological polar surface area (TPSA) is 52.6 Å². The first-order chi connectivity index (χ1) is 13.2. The van der Waals surface area contributed by atoms with Gasteiger partial charge in [-0.3, -0.25) is 4.79 Å². The fraction of sp³-hybridized carbons (Fsp3) is 0.458. The van der Waals surface area contributed by atoms with Crippen LogP contribution in [0.25, 0.3) is 0 Å². The fourth-order valence-corrected chi connectivity index (χ4v) is 4.19. The van der Waals surface area contributed by atoms with Gasteiger partial charge in [-0.05, 0) is 75.2 Å². The largest absolute Gasteiger partial charge is 0.508 e. The van der Waals surface area contributed by atoms with Gasteiger partial charge in [0.25, 0.3) is 0 Å². The van der Waals surface area contributed by atoms with Crippen molar-refractivity contribution in [1.82, 2.24) is 10.2 Å². The minimum absolute atomic E-state index is 0.0386. The highest BCUT2D eigenvalue weighted by Gasteiger charge is 2.55. The molecule has 1 amide bonds. The molecule has 3 atom stereocenters. The summed E-state index contributed by atoms with van der Waals surface area (Å²) >= 11 is 0. The van der Waals surface area contributed by atoms with E-state index in [1.807, 2.05) is 58.3 Å². The van der Waals surface area contributed by atoms with E-state index in [0.29, 0.717) is 12.3 Å². The van der Waals surface area contributed by atoms with E-state index in [-0.39, 0.29) is 23.3 Å². The van der Waals surface area contributed by atoms with Gasteiger partial charge in [0.15, 0.2) is 0 Å². The Bertz CT molecular complexity index is 824. The van der Waals surface area contributed by atoms with Gasteiger partial charge in [0.05, 0.1) is 0 Å². The van der Waals surface area contributed by atoms with E-state index in [9.17, 15) is 9.90 Å². The minimum atomic E-state index is -0.0386. The first-order valence-electron chi connectivity index (χ1n) is 10.0. The van der Waals surface area contributed by atoms with Crippen LogP contribution in [-0.4, -0.2) is 42.6 Å². The maximum Gasteiger partial charge on any atom is 0.224 e. The van der Waals surface area contributed by atoms with Crippen LogP contribution < -0.4 is 5.32 Å². The molecule has 4 nitrogen and oxygen atoms in total. The third kappa shape index (κ3) is 4.22. The molecule has 150 valence electrons. The molecule has 0 spiro atoms. The number of hydrogen-bond donors (Lipinski definition) is 2. The molecular formula is C24H32N2O2. The van der Waals surface area contributed by atoms with Gasteiger partial charge in [0.1, 0.15) is 5.75 Å². The third-order valence-corrected chi connectivity index (χ3v) is 6.35.